The number of halogens is 2. The second-order valence-corrected chi connectivity index (χ2v) is 7.24. The van der Waals surface area contributed by atoms with E-state index in [2.05, 4.69) is 10.1 Å². The van der Waals surface area contributed by atoms with Crippen LogP contribution < -0.4 is 9.47 Å². The molecule has 0 saturated carbocycles. The molecule has 0 N–H and O–H groups in total. The molecule has 9 heteroatoms. The van der Waals surface area contributed by atoms with Gasteiger partial charge in [0.15, 0.2) is 11.5 Å². The minimum absolute atomic E-state index is 0.154. The summed E-state index contributed by atoms with van der Waals surface area (Å²) < 4.78 is 43.2. The zero-order chi connectivity index (χ0) is 22.0. The Hall–Kier alpha value is -3.49. The predicted molar refractivity (Wildman–Crippen MR) is 107 cm³/mol. The van der Waals surface area contributed by atoms with Gasteiger partial charge in [0.1, 0.15) is 11.6 Å². The molecule has 4 rings (SSSR count). The van der Waals surface area contributed by atoms with Gasteiger partial charge in [-0.3, -0.25) is 4.79 Å². The summed E-state index contributed by atoms with van der Waals surface area (Å²) in [7, 11) is 3.10. The molecule has 1 saturated heterocycles. The van der Waals surface area contributed by atoms with Gasteiger partial charge in [-0.15, -0.1) is 0 Å². The number of likely N-dealkylation sites (tertiary alicyclic amines) is 1. The Kier molecular flexibility index (Phi) is 5.83. The van der Waals surface area contributed by atoms with E-state index < -0.39 is 17.5 Å². The number of aromatic nitrogens is 2. The number of amides is 1. The number of nitrogens with zero attached hydrogens (tertiary/aromatic N) is 3. The minimum atomic E-state index is -0.874. The van der Waals surface area contributed by atoms with Crippen molar-refractivity contribution >= 4 is 5.91 Å². The monoisotopic (exact) mass is 429 g/mol. The standard InChI is InChI=1S/C22H21F2N3O4/c1-29-18-8-5-13(10-19(18)30-2)20-25-21(31-26-20)14-4-3-9-27(12-14)22(28)16-7-6-15(23)11-17(16)24/h5-8,10-11,14H,3-4,9,12H2,1-2H3. The summed E-state index contributed by atoms with van der Waals surface area (Å²) in [4.78, 5) is 18.8. The fourth-order valence-corrected chi connectivity index (χ4v) is 3.69. The lowest BCUT2D eigenvalue weighted by Crippen LogP contribution is -2.39. The average molecular weight is 429 g/mol. The number of rotatable bonds is 5. The maximum atomic E-state index is 14.0. The molecule has 7 nitrogen and oxygen atoms in total. The highest BCUT2D eigenvalue weighted by atomic mass is 19.1. The molecule has 1 unspecified atom stereocenters. The van der Waals surface area contributed by atoms with E-state index in [1.54, 1.807) is 32.4 Å². The third kappa shape index (κ3) is 4.21. The molecule has 31 heavy (non-hydrogen) atoms. The summed E-state index contributed by atoms with van der Waals surface area (Å²) in [5.41, 5.74) is 0.545. The second kappa shape index (κ2) is 8.71. The zero-order valence-electron chi connectivity index (χ0n) is 17.1. The Morgan fingerprint density at radius 3 is 2.68 bits per heavy atom. The molecule has 1 aliphatic heterocycles. The summed E-state index contributed by atoms with van der Waals surface area (Å²) in [6, 6.07) is 8.25. The molecule has 3 aromatic rings. The third-order valence-corrected chi connectivity index (χ3v) is 5.30. The van der Waals surface area contributed by atoms with Crippen molar-refractivity contribution in [2.45, 2.75) is 18.8 Å². The van der Waals surface area contributed by atoms with Crippen LogP contribution in [0.2, 0.25) is 0 Å². The van der Waals surface area contributed by atoms with Crippen molar-refractivity contribution < 1.29 is 27.6 Å². The van der Waals surface area contributed by atoms with Gasteiger partial charge in [0.2, 0.25) is 11.7 Å². The van der Waals surface area contributed by atoms with Crippen molar-refractivity contribution in [2.24, 2.45) is 0 Å². The van der Waals surface area contributed by atoms with Gasteiger partial charge in [-0.1, -0.05) is 5.16 Å². The van der Waals surface area contributed by atoms with Crippen LogP contribution in [0.1, 0.15) is 35.0 Å². The SMILES string of the molecule is COc1ccc(-c2noc(C3CCCN(C(=O)c4ccc(F)cc4F)C3)n2)cc1OC. The van der Waals surface area contributed by atoms with Crippen molar-refractivity contribution in [3.63, 3.8) is 0 Å². The molecule has 0 bridgehead atoms. The van der Waals surface area contributed by atoms with Crippen molar-refractivity contribution in [3.8, 4) is 22.9 Å². The van der Waals surface area contributed by atoms with Gasteiger partial charge in [0, 0.05) is 24.7 Å². The van der Waals surface area contributed by atoms with Crippen molar-refractivity contribution in [3.05, 3.63) is 59.5 Å². The smallest absolute Gasteiger partial charge is 0.256 e. The lowest BCUT2D eigenvalue weighted by Gasteiger charge is -2.31. The molecule has 162 valence electrons. The number of carbonyl (C=O) groups excluding carboxylic acids is 1. The first-order chi connectivity index (χ1) is 15.0. The van der Waals surface area contributed by atoms with Crippen molar-refractivity contribution in [2.75, 3.05) is 27.3 Å². The van der Waals surface area contributed by atoms with E-state index in [1.165, 1.54) is 11.0 Å². The van der Waals surface area contributed by atoms with Crippen LogP contribution in [-0.2, 0) is 0 Å². The number of carbonyl (C=O) groups is 1. The molecular formula is C22H21F2N3O4. The van der Waals surface area contributed by atoms with Crippen LogP contribution in [0.4, 0.5) is 8.78 Å². The topological polar surface area (TPSA) is 77.7 Å². The van der Waals surface area contributed by atoms with E-state index >= 15 is 0 Å². The molecule has 1 amide bonds. The van der Waals surface area contributed by atoms with E-state index in [4.69, 9.17) is 14.0 Å². The van der Waals surface area contributed by atoms with Crippen LogP contribution in [0, 0.1) is 11.6 Å². The number of hydrogen-bond donors (Lipinski definition) is 0. The van der Waals surface area contributed by atoms with Crippen molar-refractivity contribution in [1.82, 2.24) is 15.0 Å². The molecule has 1 fully saturated rings. The summed E-state index contributed by atoms with van der Waals surface area (Å²) >= 11 is 0. The molecule has 1 aliphatic rings. The average Bonchev–Trinajstić information content (AvgIpc) is 3.28. The van der Waals surface area contributed by atoms with E-state index in [0.717, 1.165) is 12.5 Å². The van der Waals surface area contributed by atoms with Gasteiger partial charge in [-0.2, -0.15) is 4.98 Å². The van der Waals surface area contributed by atoms with E-state index in [0.29, 0.717) is 54.4 Å². The van der Waals surface area contributed by atoms with Crippen LogP contribution >= 0.6 is 0 Å². The second-order valence-electron chi connectivity index (χ2n) is 7.24. The lowest BCUT2D eigenvalue weighted by atomic mass is 9.97. The minimum Gasteiger partial charge on any atom is -0.493 e. The zero-order valence-corrected chi connectivity index (χ0v) is 17.1. The predicted octanol–water partition coefficient (Wildman–Crippen LogP) is 4.05. The Balaban J connectivity index is 1.52. The number of benzene rings is 2. The Morgan fingerprint density at radius 2 is 1.94 bits per heavy atom. The van der Waals surface area contributed by atoms with Gasteiger partial charge in [0.05, 0.1) is 25.7 Å². The number of ether oxygens (including phenoxy) is 2. The van der Waals surface area contributed by atoms with Gasteiger partial charge in [0.25, 0.3) is 5.91 Å². The van der Waals surface area contributed by atoms with Gasteiger partial charge < -0.3 is 18.9 Å². The van der Waals surface area contributed by atoms with E-state index in [-0.39, 0.29) is 11.5 Å². The van der Waals surface area contributed by atoms with Crippen LogP contribution in [0.25, 0.3) is 11.4 Å². The molecule has 0 spiro atoms. The van der Waals surface area contributed by atoms with Crippen LogP contribution in [-0.4, -0.2) is 48.3 Å². The van der Waals surface area contributed by atoms with Gasteiger partial charge >= 0.3 is 0 Å². The largest absolute Gasteiger partial charge is 0.493 e. The summed E-state index contributed by atoms with van der Waals surface area (Å²) in [5.74, 6) is -0.332. The number of hydrogen-bond acceptors (Lipinski definition) is 6. The van der Waals surface area contributed by atoms with E-state index in [9.17, 15) is 13.6 Å². The first kappa shape index (κ1) is 20.8. The summed E-state index contributed by atoms with van der Waals surface area (Å²) in [5, 5.41) is 4.06. The molecular weight excluding hydrogens is 408 g/mol. The third-order valence-electron chi connectivity index (χ3n) is 5.30. The first-order valence-corrected chi connectivity index (χ1v) is 9.80. The first-order valence-electron chi connectivity index (χ1n) is 9.80. The number of methoxy groups -OCH3 is 2. The fraction of sp³-hybridized carbons (Fsp3) is 0.318. The Labute approximate surface area is 177 Å². The molecule has 2 heterocycles. The van der Waals surface area contributed by atoms with Gasteiger partial charge in [-0.25, -0.2) is 8.78 Å². The summed E-state index contributed by atoms with van der Waals surface area (Å²) in [6.07, 6.45) is 1.45. The Morgan fingerprint density at radius 1 is 1.13 bits per heavy atom. The van der Waals surface area contributed by atoms with Crippen LogP contribution in [0.3, 0.4) is 0 Å². The normalized spacial score (nSPS) is 16.3. The highest BCUT2D eigenvalue weighted by Gasteiger charge is 2.30. The molecule has 0 radical (unpaired) electrons. The molecule has 1 aromatic heterocycles. The fourth-order valence-electron chi connectivity index (χ4n) is 3.69. The Bertz CT molecular complexity index is 1100. The van der Waals surface area contributed by atoms with Gasteiger partial charge in [-0.05, 0) is 43.2 Å². The van der Waals surface area contributed by atoms with Crippen LogP contribution in [0.15, 0.2) is 40.9 Å². The number of piperidine rings is 1. The highest BCUT2D eigenvalue weighted by Crippen LogP contribution is 2.33. The van der Waals surface area contributed by atoms with E-state index in [1.807, 2.05) is 0 Å². The maximum absolute atomic E-state index is 14.0. The summed E-state index contributed by atoms with van der Waals surface area (Å²) in [6.45, 7) is 0.784. The molecule has 2 aromatic carbocycles. The van der Waals surface area contributed by atoms with Crippen LogP contribution in [0.5, 0.6) is 11.5 Å². The molecule has 0 aliphatic carbocycles. The quantitative estimate of drug-likeness (QED) is 0.609. The molecule has 1 atom stereocenters. The lowest BCUT2D eigenvalue weighted by molar-refractivity contribution is 0.0691. The highest BCUT2D eigenvalue weighted by molar-refractivity contribution is 5.94. The van der Waals surface area contributed by atoms with Crippen molar-refractivity contribution in [1.29, 1.82) is 0 Å². The maximum Gasteiger partial charge on any atom is 0.256 e.